The summed E-state index contributed by atoms with van der Waals surface area (Å²) in [7, 11) is 0.221. The summed E-state index contributed by atoms with van der Waals surface area (Å²) in [5.74, 6) is 6.10. The molecule has 42 heavy (non-hydrogen) atoms. The van der Waals surface area contributed by atoms with Gasteiger partial charge in [0.2, 0.25) is 10.0 Å². The van der Waals surface area contributed by atoms with E-state index in [4.69, 9.17) is 0 Å². The van der Waals surface area contributed by atoms with Gasteiger partial charge in [0.25, 0.3) is 0 Å². The van der Waals surface area contributed by atoms with Crippen molar-refractivity contribution < 1.29 is 8.42 Å². The highest BCUT2D eigenvalue weighted by molar-refractivity contribution is 7.89. The Hall–Kier alpha value is -4.57. The first-order valence-electron chi connectivity index (χ1n) is 14.0. The molecule has 0 unspecified atom stereocenters. The minimum Gasteiger partial charge on any atom is -0.350 e. The summed E-state index contributed by atoms with van der Waals surface area (Å²) in [4.78, 5) is 0.268. The van der Waals surface area contributed by atoms with E-state index < -0.39 is 10.0 Å². The lowest BCUT2D eigenvalue weighted by atomic mass is 9.90. The summed E-state index contributed by atoms with van der Waals surface area (Å²) in [6, 6.07) is 33.3. The van der Waals surface area contributed by atoms with Gasteiger partial charge in [-0.1, -0.05) is 84.1 Å². The Morgan fingerprint density at radius 1 is 0.714 bits per heavy atom. The molecule has 0 aliphatic rings. The zero-order valence-electron chi connectivity index (χ0n) is 24.0. The maximum atomic E-state index is 14.3. The molecule has 0 atom stereocenters. The van der Waals surface area contributed by atoms with Gasteiger partial charge in [-0.2, -0.15) is 4.31 Å². The molecular weight excluding hydrogens is 538 g/mol. The van der Waals surface area contributed by atoms with Crippen LogP contribution in [0.4, 0.5) is 0 Å². The molecule has 0 aliphatic heterocycles. The van der Waals surface area contributed by atoms with Crippen LogP contribution in [0.25, 0.3) is 21.8 Å². The van der Waals surface area contributed by atoms with E-state index in [1.165, 1.54) is 0 Å². The summed E-state index contributed by atoms with van der Waals surface area (Å²) in [5.41, 5.74) is 6.25. The van der Waals surface area contributed by atoms with Gasteiger partial charge >= 0.3 is 0 Å². The topological polar surface area (TPSA) is 47.2 Å². The average molecular weight is 572 g/mol. The summed E-state index contributed by atoms with van der Waals surface area (Å²) in [6.07, 6.45) is 4.28. The fourth-order valence-electron chi connectivity index (χ4n) is 5.73. The Morgan fingerprint density at radius 3 is 1.81 bits per heavy atom. The third-order valence-electron chi connectivity index (χ3n) is 7.91. The summed E-state index contributed by atoms with van der Waals surface area (Å²) >= 11 is 0. The molecule has 0 saturated carbocycles. The van der Waals surface area contributed by atoms with Gasteiger partial charge in [0, 0.05) is 66.3 Å². The fourth-order valence-corrected chi connectivity index (χ4v) is 7.09. The second-order valence-corrected chi connectivity index (χ2v) is 12.7. The van der Waals surface area contributed by atoms with Crippen molar-refractivity contribution in [3.63, 3.8) is 0 Å². The number of benzene rings is 4. The molecule has 5 nitrogen and oxygen atoms in total. The van der Waals surface area contributed by atoms with Crippen molar-refractivity contribution in [2.45, 2.75) is 17.7 Å². The first-order chi connectivity index (χ1) is 20.3. The van der Waals surface area contributed by atoms with E-state index in [0.717, 1.165) is 44.1 Å². The van der Waals surface area contributed by atoms with Crippen LogP contribution in [-0.2, 0) is 24.1 Å². The van der Waals surface area contributed by atoms with E-state index in [-0.39, 0.29) is 23.9 Å². The van der Waals surface area contributed by atoms with Gasteiger partial charge in [-0.15, -0.1) is 0 Å². The number of sulfonamides is 1. The molecule has 2 aromatic heterocycles. The van der Waals surface area contributed by atoms with E-state index in [1.54, 1.807) is 16.4 Å². The Kier molecular flexibility index (Phi) is 7.47. The highest BCUT2D eigenvalue weighted by Gasteiger charge is 2.31. The molecule has 2 heterocycles. The van der Waals surface area contributed by atoms with Crippen LogP contribution in [-0.4, -0.2) is 34.9 Å². The SMILES string of the molecule is Cc1ccc(S(=O)(=O)N(CC#Cc2ccccc2)CC(c2cn(C)c3ccccc23)c2cn(C)c3ccccc23)cc1. The van der Waals surface area contributed by atoms with Crippen LogP contribution in [0.15, 0.2) is 120 Å². The number of aromatic nitrogens is 2. The van der Waals surface area contributed by atoms with E-state index in [0.29, 0.717) is 0 Å². The number of hydrogen-bond acceptors (Lipinski definition) is 2. The molecule has 210 valence electrons. The average Bonchev–Trinajstić information content (AvgIpc) is 3.52. The molecule has 0 spiro atoms. The lowest BCUT2D eigenvalue weighted by Crippen LogP contribution is -2.35. The van der Waals surface area contributed by atoms with Crippen LogP contribution < -0.4 is 0 Å². The van der Waals surface area contributed by atoms with Crippen molar-refractivity contribution in [2.24, 2.45) is 14.1 Å². The minimum atomic E-state index is -3.86. The van der Waals surface area contributed by atoms with E-state index in [1.807, 2.05) is 87.7 Å². The third kappa shape index (κ3) is 5.25. The van der Waals surface area contributed by atoms with Crippen molar-refractivity contribution in [1.29, 1.82) is 0 Å². The van der Waals surface area contributed by atoms with Crippen molar-refractivity contribution >= 4 is 31.8 Å². The van der Waals surface area contributed by atoms with Gasteiger partial charge in [0.1, 0.15) is 0 Å². The normalized spacial score (nSPS) is 11.8. The standard InChI is InChI=1S/C36H33N3O2S/c1-27-19-21-29(22-20-27)42(40,41)39(23-11-14-28-12-5-4-6-13-28)26-34(32-24-37(2)35-17-9-7-15-30(32)35)33-25-38(3)36-18-10-8-16-31(33)36/h4-10,12-13,15-22,24-25,34H,23,26H2,1-3H3. The van der Waals surface area contributed by atoms with Crippen LogP contribution in [0.2, 0.25) is 0 Å². The Morgan fingerprint density at radius 2 is 1.24 bits per heavy atom. The van der Waals surface area contributed by atoms with Gasteiger partial charge in [-0.05, 0) is 54.4 Å². The predicted octanol–water partition coefficient (Wildman–Crippen LogP) is 6.85. The van der Waals surface area contributed by atoms with Gasteiger partial charge in [-0.25, -0.2) is 8.42 Å². The molecule has 4 aromatic carbocycles. The number of hydrogen-bond donors (Lipinski definition) is 0. The van der Waals surface area contributed by atoms with Crippen molar-refractivity contribution in [2.75, 3.05) is 13.1 Å². The summed E-state index contributed by atoms with van der Waals surface area (Å²) < 4.78 is 34.3. The zero-order valence-corrected chi connectivity index (χ0v) is 24.8. The molecule has 0 fully saturated rings. The van der Waals surface area contributed by atoms with Gasteiger partial charge in [0.05, 0.1) is 11.4 Å². The van der Waals surface area contributed by atoms with E-state index in [9.17, 15) is 8.42 Å². The highest BCUT2D eigenvalue weighted by atomic mass is 32.2. The zero-order chi connectivity index (χ0) is 29.3. The van der Waals surface area contributed by atoms with Crippen molar-refractivity contribution in [3.8, 4) is 11.8 Å². The molecule has 0 bridgehead atoms. The molecule has 0 radical (unpaired) electrons. The van der Waals surface area contributed by atoms with Crippen molar-refractivity contribution in [3.05, 3.63) is 138 Å². The van der Waals surface area contributed by atoms with Gasteiger partial charge < -0.3 is 9.13 Å². The summed E-state index contributed by atoms with van der Waals surface area (Å²) in [5, 5.41) is 2.22. The van der Waals surface area contributed by atoms with Crippen LogP contribution in [0.1, 0.15) is 28.2 Å². The smallest absolute Gasteiger partial charge is 0.243 e. The minimum absolute atomic E-state index is 0.0666. The number of rotatable bonds is 7. The molecule has 6 rings (SSSR count). The first-order valence-corrected chi connectivity index (χ1v) is 15.5. The number of para-hydroxylation sites is 2. The van der Waals surface area contributed by atoms with Gasteiger partial charge in [-0.3, -0.25) is 0 Å². The van der Waals surface area contributed by atoms with Crippen LogP contribution in [0.5, 0.6) is 0 Å². The second kappa shape index (κ2) is 11.4. The molecular formula is C36H33N3O2S. The maximum absolute atomic E-state index is 14.3. The lowest BCUT2D eigenvalue weighted by molar-refractivity contribution is 0.433. The first kappa shape index (κ1) is 27.6. The largest absolute Gasteiger partial charge is 0.350 e. The van der Waals surface area contributed by atoms with Crippen LogP contribution in [0, 0.1) is 18.8 Å². The Balaban J connectivity index is 1.51. The Labute approximate surface area is 247 Å². The Bertz CT molecular complexity index is 1960. The molecule has 6 heteroatoms. The predicted molar refractivity (Wildman–Crippen MR) is 171 cm³/mol. The highest BCUT2D eigenvalue weighted by Crippen LogP contribution is 2.37. The van der Waals surface area contributed by atoms with E-state index >= 15 is 0 Å². The number of nitrogens with zero attached hydrogens (tertiary/aromatic N) is 3. The molecule has 0 saturated heterocycles. The molecule has 0 amide bonds. The second-order valence-electron chi connectivity index (χ2n) is 10.8. The molecule has 0 N–H and O–H groups in total. The summed E-state index contributed by atoms with van der Waals surface area (Å²) in [6.45, 7) is 2.26. The maximum Gasteiger partial charge on any atom is 0.243 e. The molecule has 0 aliphatic carbocycles. The van der Waals surface area contributed by atoms with Crippen molar-refractivity contribution in [1.82, 2.24) is 13.4 Å². The lowest BCUT2D eigenvalue weighted by Gasteiger charge is -2.26. The molecule has 6 aromatic rings. The van der Waals surface area contributed by atoms with Crippen LogP contribution in [0.3, 0.4) is 0 Å². The van der Waals surface area contributed by atoms with Crippen LogP contribution >= 0.6 is 0 Å². The quantitative estimate of drug-likeness (QED) is 0.197. The van der Waals surface area contributed by atoms with E-state index in [2.05, 4.69) is 57.6 Å². The number of aryl methyl sites for hydroxylation is 3. The third-order valence-corrected chi connectivity index (χ3v) is 9.74. The fraction of sp³-hybridized carbons (Fsp3) is 0.167. The number of fused-ring (bicyclic) bond motifs is 2. The monoisotopic (exact) mass is 571 g/mol. The van der Waals surface area contributed by atoms with Gasteiger partial charge in [0.15, 0.2) is 0 Å².